The topological polar surface area (TPSA) is 24.9 Å². The van der Waals surface area contributed by atoms with Crippen molar-refractivity contribution in [1.82, 2.24) is 4.98 Å². The van der Waals surface area contributed by atoms with E-state index in [2.05, 4.69) is 80.5 Å². The van der Waals surface area contributed by atoms with Crippen molar-refractivity contribution in [2.24, 2.45) is 0 Å². The number of benzene rings is 1. The van der Waals surface area contributed by atoms with Crippen molar-refractivity contribution in [3.05, 3.63) is 59.4 Å². The molecule has 1 heterocycles. The Bertz CT molecular complexity index is 588. The molecule has 0 aliphatic heterocycles. The van der Waals surface area contributed by atoms with Gasteiger partial charge >= 0.3 is 0 Å². The second kappa shape index (κ2) is 6.30. The Balaban J connectivity index is 2.06. The lowest BCUT2D eigenvalue weighted by molar-refractivity contribution is 0.450. The summed E-state index contributed by atoms with van der Waals surface area (Å²) in [5.41, 5.74) is 4.81. The number of hydrogen-bond acceptors (Lipinski definition) is 2. The highest BCUT2D eigenvalue weighted by atomic mass is 14.9. The molecule has 1 aromatic carbocycles. The number of hydrogen-bond donors (Lipinski definition) is 1. The Kier molecular flexibility index (Phi) is 4.66. The van der Waals surface area contributed by atoms with Crippen molar-refractivity contribution in [3.8, 4) is 0 Å². The van der Waals surface area contributed by atoms with Gasteiger partial charge in [-0.25, -0.2) is 0 Å². The highest BCUT2D eigenvalue weighted by Crippen LogP contribution is 2.29. The second-order valence-corrected chi connectivity index (χ2v) is 6.59. The molecule has 0 saturated carbocycles. The van der Waals surface area contributed by atoms with E-state index in [9.17, 15) is 0 Å². The summed E-state index contributed by atoms with van der Waals surface area (Å²) in [5, 5.41) is 3.60. The maximum atomic E-state index is 4.52. The molecule has 1 aromatic heterocycles. The Hall–Kier alpha value is -1.83. The van der Waals surface area contributed by atoms with Gasteiger partial charge in [0.25, 0.3) is 0 Å². The smallest absolute Gasteiger partial charge is 0.0606 e. The minimum Gasteiger partial charge on any atom is -0.381 e. The fourth-order valence-electron chi connectivity index (χ4n) is 2.93. The Morgan fingerprint density at radius 1 is 1.05 bits per heavy atom. The quantitative estimate of drug-likeness (QED) is 0.846. The maximum Gasteiger partial charge on any atom is 0.0606 e. The minimum atomic E-state index is 0.152. The number of pyridine rings is 1. The average molecular weight is 282 g/mol. The highest BCUT2D eigenvalue weighted by molar-refractivity contribution is 5.48. The number of aryl methyl sites for hydroxylation is 2. The summed E-state index contributed by atoms with van der Waals surface area (Å²) < 4.78 is 0. The van der Waals surface area contributed by atoms with Crippen LogP contribution in [0.5, 0.6) is 0 Å². The third-order valence-corrected chi connectivity index (χ3v) is 4.00. The maximum absolute atomic E-state index is 4.52. The van der Waals surface area contributed by atoms with Crippen LogP contribution in [0.1, 0.15) is 44.1 Å². The third kappa shape index (κ3) is 4.07. The van der Waals surface area contributed by atoms with Crippen LogP contribution in [-0.4, -0.2) is 11.0 Å². The van der Waals surface area contributed by atoms with Crippen molar-refractivity contribution in [2.75, 3.05) is 5.32 Å². The highest BCUT2D eigenvalue weighted by Gasteiger charge is 2.23. The summed E-state index contributed by atoms with van der Waals surface area (Å²) >= 11 is 0. The zero-order chi connectivity index (χ0) is 15.5. The lowest BCUT2D eigenvalue weighted by Gasteiger charge is -2.30. The Morgan fingerprint density at radius 2 is 1.71 bits per heavy atom. The molecule has 1 unspecified atom stereocenters. The number of aromatic nitrogens is 1. The van der Waals surface area contributed by atoms with E-state index < -0.39 is 0 Å². The molecule has 0 spiro atoms. The van der Waals surface area contributed by atoms with Crippen LogP contribution in [-0.2, 0) is 5.41 Å². The molecule has 0 saturated heterocycles. The van der Waals surface area contributed by atoms with E-state index in [0.29, 0.717) is 6.04 Å². The van der Waals surface area contributed by atoms with E-state index in [4.69, 9.17) is 0 Å². The van der Waals surface area contributed by atoms with Crippen LogP contribution in [0.4, 0.5) is 5.69 Å². The molecule has 21 heavy (non-hydrogen) atoms. The van der Waals surface area contributed by atoms with Gasteiger partial charge in [-0.15, -0.1) is 0 Å². The number of nitrogens with zero attached hydrogens (tertiary/aromatic N) is 1. The van der Waals surface area contributed by atoms with Gasteiger partial charge in [-0.1, -0.05) is 44.2 Å². The molecule has 0 bridgehead atoms. The zero-order valence-corrected chi connectivity index (χ0v) is 13.8. The van der Waals surface area contributed by atoms with E-state index in [0.717, 1.165) is 23.5 Å². The summed E-state index contributed by atoms with van der Waals surface area (Å²) in [4.78, 5) is 4.52. The summed E-state index contributed by atoms with van der Waals surface area (Å²) in [6.07, 6.45) is 1.07. The summed E-state index contributed by atoms with van der Waals surface area (Å²) in [6.45, 7) is 10.9. The standard InChI is InChI=1S/C19H26N2/c1-14-11-12-18(16(3)20-14)21-15(2)13-19(4,5)17-9-7-6-8-10-17/h6-12,15,21H,13H2,1-5H3. The SMILES string of the molecule is Cc1ccc(NC(C)CC(C)(C)c2ccccc2)c(C)n1. The monoisotopic (exact) mass is 282 g/mol. The molecule has 2 nitrogen and oxygen atoms in total. The van der Waals surface area contributed by atoms with E-state index >= 15 is 0 Å². The first kappa shape index (κ1) is 15.6. The number of rotatable bonds is 5. The molecule has 1 atom stereocenters. The first-order valence-corrected chi connectivity index (χ1v) is 7.65. The van der Waals surface area contributed by atoms with Gasteiger partial charge < -0.3 is 5.32 Å². The molecular weight excluding hydrogens is 256 g/mol. The molecule has 1 N–H and O–H groups in total. The van der Waals surface area contributed by atoms with Crippen LogP contribution in [0.3, 0.4) is 0 Å². The Morgan fingerprint density at radius 3 is 2.33 bits per heavy atom. The van der Waals surface area contributed by atoms with Gasteiger partial charge in [0.1, 0.15) is 0 Å². The second-order valence-electron chi connectivity index (χ2n) is 6.59. The molecule has 0 amide bonds. The van der Waals surface area contributed by atoms with Crippen molar-refractivity contribution in [3.63, 3.8) is 0 Å². The van der Waals surface area contributed by atoms with Crippen LogP contribution in [0, 0.1) is 13.8 Å². The number of nitrogens with one attached hydrogen (secondary N) is 1. The largest absolute Gasteiger partial charge is 0.381 e. The molecule has 0 aliphatic carbocycles. The average Bonchev–Trinajstić information content (AvgIpc) is 2.42. The van der Waals surface area contributed by atoms with Crippen LogP contribution in [0.15, 0.2) is 42.5 Å². The predicted molar refractivity (Wildman–Crippen MR) is 90.9 cm³/mol. The van der Waals surface area contributed by atoms with E-state index in [1.54, 1.807) is 0 Å². The van der Waals surface area contributed by atoms with Crippen LogP contribution >= 0.6 is 0 Å². The van der Waals surface area contributed by atoms with Gasteiger partial charge in [-0.05, 0) is 50.3 Å². The molecule has 0 fully saturated rings. The van der Waals surface area contributed by atoms with Gasteiger partial charge in [-0.3, -0.25) is 4.98 Å². The van der Waals surface area contributed by atoms with E-state index in [1.165, 1.54) is 5.56 Å². The first-order chi connectivity index (χ1) is 9.88. The van der Waals surface area contributed by atoms with Crippen molar-refractivity contribution in [2.45, 2.75) is 52.5 Å². The third-order valence-electron chi connectivity index (χ3n) is 4.00. The van der Waals surface area contributed by atoms with Gasteiger partial charge in [-0.2, -0.15) is 0 Å². The molecule has 0 radical (unpaired) electrons. The summed E-state index contributed by atoms with van der Waals surface area (Å²) in [7, 11) is 0. The molecule has 112 valence electrons. The van der Waals surface area contributed by atoms with Gasteiger partial charge in [0, 0.05) is 11.7 Å². The van der Waals surface area contributed by atoms with Crippen molar-refractivity contribution in [1.29, 1.82) is 0 Å². The van der Waals surface area contributed by atoms with Gasteiger partial charge in [0.05, 0.1) is 11.4 Å². The van der Waals surface area contributed by atoms with Crippen LogP contribution in [0.25, 0.3) is 0 Å². The summed E-state index contributed by atoms with van der Waals surface area (Å²) in [6, 6.07) is 15.3. The van der Waals surface area contributed by atoms with Crippen molar-refractivity contribution >= 4 is 5.69 Å². The minimum absolute atomic E-state index is 0.152. The molecule has 2 heteroatoms. The molecular formula is C19H26N2. The van der Waals surface area contributed by atoms with Crippen LogP contribution in [0.2, 0.25) is 0 Å². The normalized spacial score (nSPS) is 13.0. The van der Waals surface area contributed by atoms with E-state index in [-0.39, 0.29) is 5.41 Å². The first-order valence-electron chi connectivity index (χ1n) is 7.65. The predicted octanol–water partition coefficient (Wildman–Crippen LogP) is 4.87. The number of anilines is 1. The van der Waals surface area contributed by atoms with Crippen molar-refractivity contribution < 1.29 is 0 Å². The fraction of sp³-hybridized carbons (Fsp3) is 0.421. The Labute approximate surface area is 128 Å². The zero-order valence-electron chi connectivity index (χ0n) is 13.8. The van der Waals surface area contributed by atoms with E-state index in [1.807, 2.05) is 6.92 Å². The lowest BCUT2D eigenvalue weighted by Crippen LogP contribution is -2.28. The fourth-order valence-corrected chi connectivity index (χ4v) is 2.93. The lowest BCUT2D eigenvalue weighted by atomic mass is 9.79. The van der Waals surface area contributed by atoms with Gasteiger partial charge in [0.15, 0.2) is 0 Å². The van der Waals surface area contributed by atoms with Crippen LogP contribution < -0.4 is 5.32 Å². The molecule has 2 rings (SSSR count). The molecule has 2 aromatic rings. The van der Waals surface area contributed by atoms with Gasteiger partial charge in [0.2, 0.25) is 0 Å². The summed E-state index contributed by atoms with van der Waals surface area (Å²) in [5.74, 6) is 0. The molecule has 0 aliphatic rings.